The normalized spacial score (nSPS) is 14.6. The van der Waals surface area contributed by atoms with Crippen LogP contribution in [-0.4, -0.2) is 37.3 Å². The van der Waals surface area contributed by atoms with Crippen LogP contribution in [0.1, 0.15) is 5.56 Å². The third-order valence-electron chi connectivity index (χ3n) is 3.40. The van der Waals surface area contributed by atoms with Gasteiger partial charge in [-0.25, -0.2) is 9.78 Å². The van der Waals surface area contributed by atoms with Gasteiger partial charge in [0.25, 0.3) is 0 Å². The molecule has 2 aromatic rings. The monoisotopic (exact) mass is 318 g/mol. The fourth-order valence-corrected chi connectivity index (χ4v) is 2.90. The van der Waals surface area contributed by atoms with Gasteiger partial charge in [-0.2, -0.15) is 11.3 Å². The summed E-state index contributed by atoms with van der Waals surface area (Å²) in [6.07, 6.45) is 1.78. The molecular weight excluding hydrogens is 300 g/mol. The SMILES string of the molecule is O=C(NCc1cccnc1N1CCOCC1)Nc1ccsc1. The molecule has 1 aliphatic rings. The zero-order chi connectivity index (χ0) is 15.2. The van der Waals surface area contributed by atoms with Crippen LogP contribution in [0.15, 0.2) is 35.2 Å². The molecule has 0 bridgehead atoms. The first-order valence-corrected chi connectivity index (χ1v) is 8.11. The van der Waals surface area contributed by atoms with Crippen molar-refractivity contribution in [2.24, 2.45) is 0 Å². The number of ether oxygens (including phenoxy) is 1. The van der Waals surface area contributed by atoms with E-state index in [1.54, 1.807) is 17.5 Å². The lowest BCUT2D eigenvalue weighted by molar-refractivity contribution is 0.122. The summed E-state index contributed by atoms with van der Waals surface area (Å²) in [6, 6.07) is 5.53. The number of carbonyl (C=O) groups is 1. The lowest BCUT2D eigenvalue weighted by Gasteiger charge is -2.29. The Hall–Kier alpha value is -2.12. The van der Waals surface area contributed by atoms with E-state index in [0.29, 0.717) is 19.8 Å². The molecule has 0 spiro atoms. The van der Waals surface area contributed by atoms with E-state index >= 15 is 0 Å². The van der Waals surface area contributed by atoms with E-state index in [-0.39, 0.29) is 6.03 Å². The lowest BCUT2D eigenvalue weighted by Crippen LogP contribution is -2.38. The van der Waals surface area contributed by atoms with Crippen molar-refractivity contribution in [3.8, 4) is 0 Å². The molecule has 2 N–H and O–H groups in total. The molecule has 0 aromatic carbocycles. The van der Waals surface area contributed by atoms with Gasteiger partial charge < -0.3 is 20.3 Å². The predicted octanol–water partition coefficient (Wildman–Crippen LogP) is 2.30. The molecule has 1 saturated heterocycles. The Labute approximate surface area is 133 Å². The highest BCUT2D eigenvalue weighted by Gasteiger charge is 2.16. The van der Waals surface area contributed by atoms with Gasteiger partial charge in [-0.15, -0.1) is 0 Å². The molecule has 1 fully saturated rings. The summed E-state index contributed by atoms with van der Waals surface area (Å²) in [5.41, 5.74) is 1.81. The zero-order valence-electron chi connectivity index (χ0n) is 12.1. The van der Waals surface area contributed by atoms with Crippen LogP contribution in [0.2, 0.25) is 0 Å². The van der Waals surface area contributed by atoms with Crippen LogP contribution in [0.25, 0.3) is 0 Å². The number of rotatable bonds is 4. The van der Waals surface area contributed by atoms with Gasteiger partial charge in [0.2, 0.25) is 0 Å². The molecule has 3 rings (SSSR count). The Morgan fingerprint density at radius 3 is 3.00 bits per heavy atom. The Morgan fingerprint density at radius 2 is 2.23 bits per heavy atom. The Balaban J connectivity index is 1.61. The van der Waals surface area contributed by atoms with Crippen molar-refractivity contribution in [3.63, 3.8) is 0 Å². The minimum Gasteiger partial charge on any atom is -0.378 e. The van der Waals surface area contributed by atoms with Gasteiger partial charge >= 0.3 is 6.03 Å². The molecule has 0 radical (unpaired) electrons. The molecule has 3 heterocycles. The highest BCUT2D eigenvalue weighted by molar-refractivity contribution is 7.08. The van der Waals surface area contributed by atoms with Crippen LogP contribution in [0.3, 0.4) is 0 Å². The summed E-state index contributed by atoms with van der Waals surface area (Å²) in [7, 11) is 0. The Kier molecular flexibility index (Phi) is 4.87. The molecule has 22 heavy (non-hydrogen) atoms. The molecule has 2 aromatic heterocycles. The average molecular weight is 318 g/mol. The smallest absolute Gasteiger partial charge is 0.319 e. The van der Waals surface area contributed by atoms with E-state index in [4.69, 9.17) is 4.74 Å². The summed E-state index contributed by atoms with van der Waals surface area (Å²) in [6.45, 7) is 3.51. The maximum absolute atomic E-state index is 11.9. The number of anilines is 2. The quantitative estimate of drug-likeness (QED) is 0.908. The van der Waals surface area contributed by atoms with Crippen molar-refractivity contribution in [1.82, 2.24) is 10.3 Å². The standard InChI is InChI=1S/C15H18N4O2S/c20-15(18-13-3-9-22-11-13)17-10-12-2-1-4-16-14(12)19-5-7-21-8-6-19/h1-4,9,11H,5-8,10H2,(H2,17,18,20). The van der Waals surface area contributed by atoms with Gasteiger partial charge in [0.05, 0.1) is 18.9 Å². The van der Waals surface area contributed by atoms with E-state index in [0.717, 1.165) is 30.2 Å². The zero-order valence-corrected chi connectivity index (χ0v) is 12.9. The molecule has 0 atom stereocenters. The molecule has 116 valence electrons. The van der Waals surface area contributed by atoms with E-state index in [2.05, 4.69) is 20.5 Å². The van der Waals surface area contributed by atoms with Crippen molar-refractivity contribution in [3.05, 3.63) is 40.7 Å². The number of aromatic nitrogens is 1. The highest BCUT2D eigenvalue weighted by atomic mass is 32.1. The number of hydrogen-bond acceptors (Lipinski definition) is 5. The van der Waals surface area contributed by atoms with Crippen LogP contribution in [0.4, 0.5) is 16.3 Å². The Bertz CT molecular complexity index is 612. The van der Waals surface area contributed by atoms with Gasteiger partial charge in [0.15, 0.2) is 0 Å². The average Bonchev–Trinajstić information content (AvgIpc) is 3.07. The molecule has 7 heteroatoms. The first-order valence-electron chi connectivity index (χ1n) is 7.16. The molecule has 0 aliphatic carbocycles. The fraction of sp³-hybridized carbons (Fsp3) is 0.333. The number of nitrogens with one attached hydrogen (secondary N) is 2. The van der Waals surface area contributed by atoms with Gasteiger partial charge in [-0.1, -0.05) is 6.07 Å². The number of urea groups is 1. The second-order valence-corrected chi connectivity index (χ2v) is 5.69. The largest absolute Gasteiger partial charge is 0.378 e. The van der Waals surface area contributed by atoms with Crippen LogP contribution < -0.4 is 15.5 Å². The van der Waals surface area contributed by atoms with Crippen molar-refractivity contribution in [2.45, 2.75) is 6.54 Å². The van der Waals surface area contributed by atoms with Gasteiger partial charge in [-0.05, 0) is 17.5 Å². The number of hydrogen-bond donors (Lipinski definition) is 2. The van der Waals surface area contributed by atoms with Crippen molar-refractivity contribution < 1.29 is 9.53 Å². The van der Waals surface area contributed by atoms with E-state index in [9.17, 15) is 4.79 Å². The van der Waals surface area contributed by atoms with Gasteiger partial charge in [0.1, 0.15) is 5.82 Å². The summed E-state index contributed by atoms with van der Waals surface area (Å²) < 4.78 is 5.37. The van der Waals surface area contributed by atoms with Gasteiger partial charge in [0, 0.05) is 36.8 Å². The van der Waals surface area contributed by atoms with Crippen LogP contribution in [0, 0.1) is 0 Å². The van der Waals surface area contributed by atoms with Crippen LogP contribution in [-0.2, 0) is 11.3 Å². The lowest BCUT2D eigenvalue weighted by atomic mass is 10.2. The topological polar surface area (TPSA) is 66.5 Å². The second-order valence-electron chi connectivity index (χ2n) is 4.91. The summed E-state index contributed by atoms with van der Waals surface area (Å²) in [5.74, 6) is 0.918. The molecule has 2 amide bonds. The maximum Gasteiger partial charge on any atom is 0.319 e. The van der Waals surface area contributed by atoms with Crippen molar-refractivity contribution in [1.29, 1.82) is 0 Å². The second kappa shape index (κ2) is 7.24. The highest BCUT2D eigenvalue weighted by Crippen LogP contribution is 2.18. The third-order valence-corrected chi connectivity index (χ3v) is 4.08. The van der Waals surface area contributed by atoms with E-state index in [1.807, 2.05) is 29.0 Å². The van der Waals surface area contributed by atoms with Crippen molar-refractivity contribution >= 4 is 28.9 Å². The molecule has 0 saturated carbocycles. The minimum atomic E-state index is -0.213. The van der Waals surface area contributed by atoms with E-state index in [1.165, 1.54) is 0 Å². The fourth-order valence-electron chi connectivity index (χ4n) is 2.31. The number of thiophene rings is 1. The number of pyridine rings is 1. The summed E-state index contributed by atoms with van der Waals surface area (Å²) in [4.78, 5) is 18.5. The number of carbonyl (C=O) groups excluding carboxylic acids is 1. The number of nitrogens with zero attached hydrogens (tertiary/aromatic N) is 2. The molecule has 1 aliphatic heterocycles. The Morgan fingerprint density at radius 1 is 1.36 bits per heavy atom. The summed E-state index contributed by atoms with van der Waals surface area (Å²) >= 11 is 1.55. The number of amides is 2. The maximum atomic E-state index is 11.9. The first-order chi connectivity index (χ1) is 10.8. The minimum absolute atomic E-state index is 0.213. The van der Waals surface area contributed by atoms with E-state index < -0.39 is 0 Å². The van der Waals surface area contributed by atoms with Crippen LogP contribution in [0.5, 0.6) is 0 Å². The molecule has 0 unspecified atom stereocenters. The number of morpholine rings is 1. The van der Waals surface area contributed by atoms with Crippen molar-refractivity contribution in [2.75, 3.05) is 36.5 Å². The summed E-state index contributed by atoms with van der Waals surface area (Å²) in [5, 5.41) is 9.49. The predicted molar refractivity (Wildman–Crippen MR) is 87.4 cm³/mol. The molecule has 6 nitrogen and oxygen atoms in total. The third kappa shape index (κ3) is 3.75. The first kappa shape index (κ1) is 14.8. The molecular formula is C15H18N4O2S. The van der Waals surface area contributed by atoms with Crippen LogP contribution >= 0.6 is 11.3 Å². The van der Waals surface area contributed by atoms with Gasteiger partial charge in [-0.3, -0.25) is 0 Å².